The Bertz CT molecular complexity index is 1080. The molecule has 0 bridgehead atoms. The number of H-pyrrole nitrogens is 1. The third kappa shape index (κ3) is 3.71. The van der Waals surface area contributed by atoms with Crippen molar-refractivity contribution in [3.63, 3.8) is 0 Å². The Balaban J connectivity index is 1.73. The molecule has 28 heavy (non-hydrogen) atoms. The summed E-state index contributed by atoms with van der Waals surface area (Å²) in [6.45, 7) is 3.89. The van der Waals surface area contributed by atoms with E-state index in [0.29, 0.717) is 23.0 Å². The van der Waals surface area contributed by atoms with Crippen molar-refractivity contribution in [1.29, 1.82) is 0 Å². The van der Waals surface area contributed by atoms with Crippen molar-refractivity contribution in [3.05, 3.63) is 69.5 Å². The molecule has 7 nitrogen and oxygen atoms in total. The molecule has 1 saturated carbocycles. The van der Waals surface area contributed by atoms with Crippen LogP contribution in [0, 0.1) is 5.82 Å². The lowest BCUT2D eigenvalue weighted by molar-refractivity contribution is 0.102. The summed E-state index contributed by atoms with van der Waals surface area (Å²) in [5, 5.41) is 7.35. The molecule has 3 aromatic rings. The van der Waals surface area contributed by atoms with Crippen molar-refractivity contribution in [1.82, 2.24) is 19.7 Å². The van der Waals surface area contributed by atoms with Crippen LogP contribution in [-0.2, 0) is 0 Å². The summed E-state index contributed by atoms with van der Waals surface area (Å²) in [6.07, 6.45) is 2.08. The summed E-state index contributed by atoms with van der Waals surface area (Å²) < 4.78 is 14.6. The molecule has 0 spiro atoms. The highest BCUT2D eigenvalue weighted by molar-refractivity contribution is 6.03. The summed E-state index contributed by atoms with van der Waals surface area (Å²) in [6, 6.07) is 8.52. The molecule has 2 aromatic heterocycles. The number of halogens is 1. The van der Waals surface area contributed by atoms with Gasteiger partial charge < -0.3 is 5.32 Å². The predicted molar refractivity (Wildman–Crippen MR) is 102 cm³/mol. The fourth-order valence-electron chi connectivity index (χ4n) is 2.88. The van der Waals surface area contributed by atoms with E-state index < -0.39 is 11.7 Å². The summed E-state index contributed by atoms with van der Waals surface area (Å²) in [7, 11) is 0. The SMILES string of the molecule is CC(C)c1cc(=O)[nH]c(-n2nc(C3CC3)cc2NC(=O)c2ccc(F)cc2)n1. The lowest BCUT2D eigenvalue weighted by atomic mass is 10.1. The maximum atomic E-state index is 13.1. The molecule has 1 fully saturated rings. The average Bonchev–Trinajstić information content (AvgIpc) is 3.42. The topological polar surface area (TPSA) is 92.7 Å². The fourth-order valence-corrected chi connectivity index (χ4v) is 2.88. The van der Waals surface area contributed by atoms with Gasteiger partial charge in [0.05, 0.1) is 11.4 Å². The zero-order valence-electron chi connectivity index (χ0n) is 15.6. The maximum absolute atomic E-state index is 13.1. The molecule has 4 rings (SSSR count). The molecule has 0 saturated heterocycles. The number of aromatic amines is 1. The highest BCUT2D eigenvalue weighted by Crippen LogP contribution is 2.40. The standard InChI is InChI=1S/C20H20FN5O2/c1-11(2)15-10-18(27)24-20(22-15)26-17(9-16(25-26)12-3-4-12)23-19(28)13-5-7-14(21)8-6-13/h5-12H,3-4H2,1-2H3,(H,23,28)(H,22,24,27). The van der Waals surface area contributed by atoms with Crippen molar-refractivity contribution in [3.8, 4) is 5.95 Å². The van der Waals surface area contributed by atoms with Gasteiger partial charge in [0.15, 0.2) is 0 Å². The minimum atomic E-state index is -0.412. The second kappa shape index (κ2) is 7.03. The van der Waals surface area contributed by atoms with Crippen LogP contribution in [0.25, 0.3) is 5.95 Å². The number of hydrogen-bond acceptors (Lipinski definition) is 4. The normalized spacial score (nSPS) is 13.7. The van der Waals surface area contributed by atoms with Gasteiger partial charge in [-0.15, -0.1) is 0 Å². The number of hydrogen-bond donors (Lipinski definition) is 2. The number of rotatable bonds is 5. The van der Waals surface area contributed by atoms with E-state index in [2.05, 4.69) is 20.4 Å². The molecule has 144 valence electrons. The molecule has 1 aromatic carbocycles. The maximum Gasteiger partial charge on any atom is 0.256 e. The minimum Gasteiger partial charge on any atom is -0.306 e. The number of carbonyl (C=O) groups excluding carboxylic acids is 1. The van der Waals surface area contributed by atoms with Gasteiger partial charge in [0.1, 0.15) is 11.6 Å². The van der Waals surface area contributed by atoms with Crippen molar-refractivity contribution < 1.29 is 9.18 Å². The van der Waals surface area contributed by atoms with E-state index in [1.807, 2.05) is 13.8 Å². The molecule has 0 aliphatic heterocycles. The first-order valence-corrected chi connectivity index (χ1v) is 9.19. The number of benzene rings is 1. The van der Waals surface area contributed by atoms with E-state index in [9.17, 15) is 14.0 Å². The van der Waals surface area contributed by atoms with Crippen LogP contribution in [0.15, 0.2) is 41.2 Å². The van der Waals surface area contributed by atoms with Gasteiger partial charge in [-0.3, -0.25) is 14.6 Å². The number of aromatic nitrogens is 4. The van der Waals surface area contributed by atoms with E-state index in [-0.39, 0.29) is 17.4 Å². The quantitative estimate of drug-likeness (QED) is 0.709. The van der Waals surface area contributed by atoms with E-state index in [1.165, 1.54) is 35.0 Å². The van der Waals surface area contributed by atoms with Crippen molar-refractivity contribution in [2.45, 2.75) is 38.5 Å². The molecule has 1 amide bonds. The highest BCUT2D eigenvalue weighted by Gasteiger charge is 2.28. The Labute approximate surface area is 160 Å². The number of carbonyl (C=O) groups is 1. The van der Waals surface area contributed by atoms with Crippen molar-refractivity contribution >= 4 is 11.7 Å². The molecule has 0 unspecified atom stereocenters. The van der Waals surface area contributed by atoms with E-state index >= 15 is 0 Å². The smallest absolute Gasteiger partial charge is 0.256 e. The van der Waals surface area contributed by atoms with Crippen LogP contribution >= 0.6 is 0 Å². The van der Waals surface area contributed by atoms with Crippen LogP contribution in [0.2, 0.25) is 0 Å². The lowest BCUT2D eigenvalue weighted by Crippen LogP contribution is -2.19. The van der Waals surface area contributed by atoms with Crippen LogP contribution in [0.3, 0.4) is 0 Å². The number of anilines is 1. The highest BCUT2D eigenvalue weighted by atomic mass is 19.1. The second-order valence-corrected chi connectivity index (χ2v) is 7.25. The second-order valence-electron chi connectivity index (χ2n) is 7.25. The molecule has 1 aliphatic carbocycles. The van der Waals surface area contributed by atoms with Gasteiger partial charge in [0.2, 0.25) is 5.95 Å². The fraction of sp³-hybridized carbons (Fsp3) is 0.300. The van der Waals surface area contributed by atoms with Gasteiger partial charge in [0, 0.05) is 23.6 Å². The number of nitrogens with one attached hydrogen (secondary N) is 2. The third-order valence-corrected chi connectivity index (χ3v) is 4.61. The number of amides is 1. The third-order valence-electron chi connectivity index (χ3n) is 4.61. The Hall–Kier alpha value is -3.29. The summed E-state index contributed by atoms with van der Waals surface area (Å²) >= 11 is 0. The molecule has 1 aliphatic rings. The molecule has 8 heteroatoms. The molecule has 2 N–H and O–H groups in total. The molecule has 0 radical (unpaired) electrons. The molecule has 0 atom stereocenters. The van der Waals surface area contributed by atoms with Crippen LogP contribution < -0.4 is 10.9 Å². The zero-order valence-corrected chi connectivity index (χ0v) is 15.6. The minimum absolute atomic E-state index is 0.0665. The van der Waals surface area contributed by atoms with Gasteiger partial charge >= 0.3 is 0 Å². The Kier molecular flexibility index (Phi) is 4.54. The first-order chi connectivity index (χ1) is 13.4. The Morgan fingerprint density at radius 2 is 1.96 bits per heavy atom. The molecule has 2 heterocycles. The van der Waals surface area contributed by atoms with Crippen LogP contribution in [-0.4, -0.2) is 25.7 Å². The lowest BCUT2D eigenvalue weighted by Gasteiger charge is -2.10. The molecular formula is C20H20FN5O2. The summed E-state index contributed by atoms with van der Waals surface area (Å²) in [5.74, 6) is 0.257. The van der Waals surface area contributed by atoms with Crippen LogP contribution in [0.1, 0.15) is 60.3 Å². The van der Waals surface area contributed by atoms with Crippen molar-refractivity contribution in [2.75, 3.05) is 5.32 Å². The van der Waals surface area contributed by atoms with Crippen molar-refractivity contribution in [2.24, 2.45) is 0 Å². The van der Waals surface area contributed by atoms with Gasteiger partial charge in [-0.25, -0.2) is 9.37 Å². The van der Waals surface area contributed by atoms with Gasteiger partial charge in [0.25, 0.3) is 11.5 Å². The van der Waals surface area contributed by atoms with Gasteiger partial charge in [-0.2, -0.15) is 9.78 Å². The Morgan fingerprint density at radius 3 is 2.61 bits per heavy atom. The number of nitrogens with zero attached hydrogens (tertiary/aromatic N) is 3. The monoisotopic (exact) mass is 381 g/mol. The molecular weight excluding hydrogens is 361 g/mol. The van der Waals surface area contributed by atoms with Gasteiger partial charge in [-0.05, 0) is 43.0 Å². The summed E-state index contributed by atoms with van der Waals surface area (Å²) in [4.78, 5) is 31.8. The first-order valence-electron chi connectivity index (χ1n) is 9.19. The summed E-state index contributed by atoms with van der Waals surface area (Å²) in [5.41, 5.74) is 1.51. The van der Waals surface area contributed by atoms with E-state index in [4.69, 9.17) is 0 Å². The average molecular weight is 381 g/mol. The van der Waals surface area contributed by atoms with E-state index in [1.54, 1.807) is 6.07 Å². The van der Waals surface area contributed by atoms with Crippen LogP contribution in [0.4, 0.5) is 10.2 Å². The predicted octanol–water partition coefficient (Wildman–Crippen LogP) is 3.35. The zero-order chi connectivity index (χ0) is 19.8. The van der Waals surface area contributed by atoms with Gasteiger partial charge in [-0.1, -0.05) is 13.8 Å². The Morgan fingerprint density at radius 1 is 1.25 bits per heavy atom. The van der Waals surface area contributed by atoms with Crippen LogP contribution in [0.5, 0.6) is 0 Å². The van der Waals surface area contributed by atoms with E-state index in [0.717, 1.165) is 18.5 Å². The largest absolute Gasteiger partial charge is 0.306 e. The first kappa shape index (κ1) is 18.1.